The van der Waals surface area contributed by atoms with Gasteiger partial charge in [0.25, 0.3) is 19.1 Å². The SMILES string of the molecule is C.CCc1cc2cc[nH]c2cc1N.O=S(=O)(Cl)c1ccccc1.O=S(=O)(c1ccccc1)N1CCc2ccccc21.c1ccc2c(c1)CCN2. The Morgan fingerprint density at radius 1 is 0.740 bits per heavy atom. The number of hydrogen-bond acceptors (Lipinski definition) is 6. The van der Waals surface area contributed by atoms with E-state index < -0.39 is 19.1 Å². The van der Waals surface area contributed by atoms with E-state index in [0.29, 0.717) is 11.4 Å². The zero-order valence-corrected chi connectivity index (χ0v) is 29.5. The van der Waals surface area contributed by atoms with Gasteiger partial charge in [-0.3, -0.25) is 4.31 Å². The van der Waals surface area contributed by atoms with Gasteiger partial charge in [-0.2, -0.15) is 0 Å². The third-order valence-corrected chi connectivity index (χ3v) is 11.3. The van der Waals surface area contributed by atoms with Crippen LogP contribution in [-0.2, 0) is 38.3 Å². The monoisotopic (exact) mass is 730 g/mol. The molecule has 5 aromatic carbocycles. The van der Waals surface area contributed by atoms with E-state index in [1.54, 1.807) is 42.5 Å². The lowest BCUT2D eigenvalue weighted by Crippen LogP contribution is -2.28. The zero-order valence-electron chi connectivity index (χ0n) is 27.1. The number of nitrogens with zero attached hydrogens (tertiary/aromatic N) is 1. The summed E-state index contributed by atoms with van der Waals surface area (Å²) in [6.07, 6.45) is 4.90. The van der Waals surface area contributed by atoms with E-state index in [9.17, 15) is 16.8 Å². The maximum Gasteiger partial charge on any atom is 0.264 e. The van der Waals surface area contributed by atoms with Crippen molar-refractivity contribution in [2.75, 3.05) is 28.4 Å². The van der Waals surface area contributed by atoms with Crippen molar-refractivity contribution in [3.8, 4) is 0 Å². The molecule has 0 amide bonds. The van der Waals surface area contributed by atoms with Gasteiger partial charge in [0.05, 0.1) is 15.5 Å². The molecule has 4 N–H and O–H groups in total. The Bertz CT molecular complexity index is 2190. The standard InChI is InChI=1S/C14H13NO2S.C10H12N2.C8H9N.C6H5ClO2S.CH4/c16-18(17,13-7-2-1-3-8-13)15-11-10-12-6-4-5-9-14(12)15;1-2-7-5-8-3-4-12-10(8)6-9(7)11;1-2-4-8-7(3-1)5-6-9-8;7-10(8,9)6-4-2-1-3-5-6;/h1-9H,10-11H2;3-6,12H,2,11H2,1H3;1-4,9H,5-6H2;1-5H;1H4. The molecule has 50 heavy (non-hydrogen) atoms. The number of aryl methyl sites for hydroxylation is 1. The fourth-order valence-electron chi connectivity index (χ4n) is 5.57. The minimum Gasteiger partial charge on any atom is -0.398 e. The molecule has 0 saturated heterocycles. The largest absolute Gasteiger partial charge is 0.398 e. The van der Waals surface area contributed by atoms with Crippen LogP contribution in [0.1, 0.15) is 31.0 Å². The predicted octanol–water partition coefficient (Wildman–Crippen LogP) is 8.66. The summed E-state index contributed by atoms with van der Waals surface area (Å²) >= 11 is 0. The first-order valence-corrected chi connectivity index (χ1v) is 19.7. The first-order chi connectivity index (χ1) is 23.6. The van der Waals surface area contributed by atoms with Gasteiger partial charge in [0.2, 0.25) is 0 Å². The molecule has 2 aliphatic heterocycles. The smallest absolute Gasteiger partial charge is 0.264 e. The van der Waals surface area contributed by atoms with Crippen molar-refractivity contribution < 1.29 is 16.8 Å². The molecular weight excluding hydrogens is 688 g/mol. The number of rotatable bonds is 4. The zero-order chi connectivity index (χ0) is 34.9. The Morgan fingerprint density at radius 2 is 1.34 bits per heavy atom. The molecule has 11 heteroatoms. The van der Waals surface area contributed by atoms with Gasteiger partial charge in [0, 0.05) is 46.9 Å². The average molecular weight is 731 g/mol. The van der Waals surface area contributed by atoms with Gasteiger partial charge in [0.1, 0.15) is 0 Å². The molecule has 0 radical (unpaired) electrons. The molecule has 3 heterocycles. The number of sulfonamides is 1. The number of halogens is 1. The highest BCUT2D eigenvalue weighted by Gasteiger charge is 2.30. The second-order valence-electron chi connectivity index (χ2n) is 11.3. The molecule has 1 aromatic heterocycles. The Labute approximate surface area is 300 Å². The van der Waals surface area contributed by atoms with Gasteiger partial charge in [-0.1, -0.05) is 87.1 Å². The molecule has 8 nitrogen and oxygen atoms in total. The predicted molar refractivity (Wildman–Crippen MR) is 208 cm³/mol. The molecule has 0 spiro atoms. The number of nitrogens with two attached hydrogens (primary N) is 1. The van der Waals surface area contributed by atoms with Crippen molar-refractivity contribution in [1.29, 1.82) is 0 Å². The minimum absolute atomic E-state index is 0. The van der Waals surface area contributed by atoms with E-state index in [1.807, 2.05) is 42.6 Å². The van der Waals surface area contributed by atoms with Gasteiger partial charge in [-0.05, 0) is 95.9 Å². The van der Waals surface area contributed by atoms with Crippen LogP contribution in [0.5, 0.6) is 0 Å². The summed E-state index contributed by atoms with van der Waals surface area (Å²) in [7, 11) is -1.92. The van der Waals surface area contributed by atoms with Gasteiger partial charge in [0.15, 0.2) is 0 Å². The lowest BCUT2D eigenvalue weighted by molar-refractivity contribution is 0.592. The van der Waals surface area contributed by atoms with Crippen LogP contribution in [0, 0.1) is 0 Å². The van der Waals surface area contributed by atoms with E-state index in [-0.39, 0.29) is 12.3 Å². The molecular formula is C39H43ClN4O4S2. The first-order valence-electron chi connectivity index (χ1n) is 15.9. The molecule has 8 rings (SSSR count). The topological polar surface area (TPSA) is 125 Å². The molecule has 0 saturated carbocycles. The third-order valence-electron chi connectivity index (χ3n) is 8.12. The fourth-order valence-corrected chi connectivity index (χ4v) is 7.89. The van der Waals surface area contributed by atoms with Crippen LogP contribution in [0.25, 0.3) is 10.9 Å². The summed E-state index contributed by atoms with van der Waals surface area (Å²) in [4.78, 5) is 3.62. The van der Waals surface area contributed by atoms with Crippen LogP contribution in [0.4, 0.5) is 17.1 Å². The van der Waals surface area contributed by atoms with Crippen molar-refractivity contribution in [3.63, 3.8) is 0 Å². The molecule has 2 aliphatic rings. The number of anilines is 3. The number of aromatic nitrogens is 1. The first kappa shape index (κ1) is 38.0. The maximum absolute atomic E-state index is 12.5. The van der Waals surface area contributed by atoms with E-state index in [4.69, 9.17) is 16.4 Å². The lowest BCUT2D eigenvalue weighted by Gasteiger charge is -2.19. The number of hydrogen-bond donors (Lipinski definition) is 3. The molecule has 6 aromatic rings. The van der Waals surface area contributed by atoms with Gasteiger partial charge >= 0.3 is 0 Å². The van der Waals surface area contributed by atoms with Crippen molar-refractivity contribution >= 4 is 57.7 Å². The number of para-hydroxylation sites is 2. The highest BCUT2D eigenvalue weighted by atomic mass is 35.7. The van der Waals surface area contributed by atoms with Crippen LogP contribution in [0.2, 0.25) is 0 Å². The molecule has 0 fully saturated rings. The Morgan fingerprint density at radius 3 is 1.96 bits per heavy atom. The normalized spacial score (nSPS) is 12.7. The molecule has 0 atom stereocenters. The second-order valence-corrected chi connectivity index (χ2v) is 15.8. The fraction of sp³-hybridized carbons (Fsp3) is 0.179. The van der Waals surface area contributed by atoms with Crippen molar-refractivity contribution in [2.24, 2.45) is 0 Å². The summed E-state index contributed by atoms with van der Waals surface area (Å²) in [6.45, 7) is 3.75. The van der Waals surface area contributed by atoms with E-state index in [0.717, 1.165) is 41.8 Å². The summed E-state index contributed by atoms with van der Waals surface area (Å²) in [6, 6.07) is 38.8. The highest BCUT2D eigenvalue weighted by Crippen LogP contribution is 2.32. The van der Waals surface area contributed by atoms with Gasteiger partial charge in [-0.25, -0.2) is 16.8 Å². The van der Waals surface area contributed by atoms with Crippen LogP contribution >= 0.6 is 10.7 Å². The second kappa shape index (κ2) is 17.2. The number of benzene rings is 5. The molecule has 0 unspecified atom stereocenters. The van der Waals surface area contributed by atoms with Gasteiger partial charge in [-0.15, -0.1) is 0 Å². The van der Waals surface area contributed by atoms with Crippen molar-refractivity contribution in [2.45, 2.75) is 43.4 Å². The molecule has 262 valence electrons. The van der Waals surface area contributed by atoms with E-state index >= 15 is 0 Å². The Balaban J connectivity index is 0.000000155. The highest BCUT2D eigenvalue weighted by molar-refractivity contribution is 8.13. The number of nitrogens with one attached hydrogen (secondary N) is 2. The Kier molecular flexibility index (Phi) is 13.1. The van der Waals surface area contributed by atoms with Gasteiger partial charge < -0.3 is 16.0 Å². The summed E-state index contributed by atoms with van der Waals surface area (Å²) < 4.78 is 47.7. The van der Waals surface area contributed by atoms with Crippen LogP contribution in [0.3, 0.4) is 0 Å². The number of fused-ring (bicyclic) bond motifs is 3. The molecule has 0 bridgehead atoms. The third kappa shape index (κ3) is 9.47. The van der Waals surface area contributed by atoms with Crippen molar-refractivity contribution in [3.05, 3.63) is 150 Å². The van der Waals surface area contributed by atoms with E-state index in [2.05, 4.69) is 53.6 Å². The summed E-state index contributed by atoms with van der Waals surface area (Å²) in [5.74, 6) is 0. The lowest BCUT2D eigenvalue weighted by atomic mass is 10.1. The van der Waals surface area contributed by atoms with Crippen LogP contribution in [0.15, 0.2) is 143 Å². The van der Waals surface area contributed by atoms with Crippen LogP contribution in [-0.4, -0.2) is 34.9 Å². The number of H-pyrrole nitrogens is 1. The number of aromatic amines is 1. The minimum atomic E-state index is -3.53. The van der Waals surface area contributed by atoms with Crippen LogP contribution < -0.4 is 15.4 Å². The van der Waals surface area contributed by atoms with Crippen molar-refractivity contribution in [1.82, 2.24) is 4.98 Å². The molecule has 0 aliphatic carbocycles. The van der Waals surface area contributed by atoms with E-state index in [1.165, 1.54) is 45.1 Å². The average Bonchev–Trinajstić information content (AvgIpc) is 3.89. The number of nitrogen functional groups attached to an aromatic ring is 1. The summed E-state index contributed by atoms with van der Waals surface area (Å²) in [5.41, 5.74) is 13.7. The quantitative estimate of drug-likeness (QED) is 0.123. The Hall–Kier alpha value is -4.77. The maximum atomic E-state index is 12.5. The summed E-state index contributed by atoms with van der Waals surface area (Å²) in [5, 5.41) is 4.54.